The first kappa shape index (κ1) is 20.5. The number of rotatable bonds is 6. The lowest BCUT2D eigenvalue weighted by molar-refractivity contribution is -0.127. The van der Waals surface area contributed by atoms with Crippen LogP contribution in [-0.4, -0.2) is 23.9 Å². The average Bonchev–Trinajstić information content (AvgIpc) is 2.70. The van der Waals surface area contributed by atoms with Crippen molar-refractivity contribution in [1.82, 2.24) is 10.2 Å². The summed E-state index contributed by atoms with van der Waals surface area (Å²) >= 11 is 0. The van der Waals surface area contributed by atoms with E-state index in [0.717, 1.165) is 44.5 Å². The predicted octanol–water partition coefficient (Wildman–Crippen LogP) is 4.92. The van der Waals surface area contributed by atoms with Crippen molar-refractivity contribution in [1.29, 1.82) is 0 Å². The number of carbonyl (C=O) groups excluding carboxylic acids is 1. The van der Waals surface area contributed by atoms with E-state index >= 15 is 0 Å². The normalized spacial score (nSPS) is 18.6. The number of hydrogen-bond donors (Lipinski definition) is 1. The number of nitrogens with one attached hydrogen (secondary N) is 1. The Hall–Kier alpha value is -2.20. The van der Waals surface area contributed by atoms with Gasteiger partial charge >= 0.3 is 0 Å². The SMILES string of the molecule is CC[C@H](NC(=O)[C@@H]1CCCN(Cc2ccc(F)cc2)C1)c1ccc(C)c(C)c1. The largest absolute Gasteiger partial charge is 0.349 e. The van der Waals surface area contributed by atoms with Gasteiger partial charge in [-0.15, -0.1) is 0 Å². The topological polar surface area (TPSA) is 32.3 Å². The summed E-state index contributed by atoms with van der Waals surface area (Å²) in [6.45, 7) is 8.83. The molecule has 0 saturated carbocycles. The molecule has 28 heavy (non-hydrogen) atoms. The Kier molecular flexibility index (Phi) is 6.84. The lowest BCUT2D eigenvalue weighted by Gasteiger charge is -2.33. The van der Waals surface area contributed by atoms with Crippen LogP contribution in [0.1, 0.15) is 54.5 Å². The van der Waals surface area contributed by atoms with Gasteiger partial charge in [0.2, 0.25) is 5.91 Å². The van der Waals surface area contributed by atoms with Crippen LogP contribution in [-0.2, 0) is 11.3 Å². The Labute approximate surface area is 167 Å². The maximum absolute atomic E-state index is 13.1. The van der Waals surface area contributed by atoms with E-state index in [9.17, 15) is 9.18 Å². The van der Waals surface area contributed by atoms with E-state index in [0.29, 0.717) is 0 Å². The van der Waals surface area contributed by atoms with Gasteiger partial charge in [0, 0.05) is 13.1 Å². The molecule has 3 nitrogen and oxygen atoms in total. The van der Waals surface area contributed by atoms with Crippen LogP contribution in [0.4, 0.5) is 4.39 Å². The van der Waals surface area contributed by atoms with Gasteiger partial charge in [-0.25, -0.2) is 4.39 Å². The Bertz CT molecular complexity index is 803. The minimum Gasteiger partial charge on any atom is -0.349 e. The molecule has 2 aromatic rings. The summed E-state index contributed by atoms with van der Waals surface area (Å²) in [4.78, 5) is 15.3. The first-order chi connectivity index (χ1) is 13.5. The molecule has 1 N–H and O–H groups in total. The molecule has 0 aliphatic carbocycles. The summed E-state index contributed by atoms with van der Waals surface area (Å²) in [6.07, 6.45) is 2.81. The van der Waals surface area contributed by atoms with Crippen LogP contribution in [0.15, 0.2) is 42.5 Å². The lowest BCUT2D eigenvalue weighted by atomic mass is 9.94. The Morgan fingerprint density at radius 3 is 2.61 bits per heavy atom. The highest BCUT2D eigenvalue weighted by Gasteiger charge is 2.27. The molecule has 1 aliphatic rings. The molecule has 0 radical (unpaired) electrons. The average molecular weight is 383 g/mol. The number of benzene rings is 2. The molecule has 1 fully saturated rings. The molecule has 0 spiro atoms. The predicted molar refractivity (Wildman–Crippen MR) is 111 cm³/mol. The lowest BCUT2D eigenvalue weighted by Crippen LogP contribution is -2.43. The monoisotopic (exact) mass is 382 g/mol. The summed E-state index contributed by atoms with van der Waals surface area (Å²) in [5.41, 5.74) is 4.80. The summed E-state index contributed by atoms with van der Waals surface area (Å²) in [5.74, 6) is -0.0553. The van der Waals surface area contributed by atoms with Gasteiger partial charge in [0.15, 0.2) is 0 Å². The van der Waals surface area contributed by atoms with Gasteiger partial charge in [-0.3, -0.25) is 9.69 Å². The third kappa shape index (κ3) is 5.20. The van der Waals surface area contributed by atoms with Gasteiger partial charge in [-0.05, 0) is 74.0 Å². The molecule has 1 saturated heterocycles. The van der Waals surface area contributed by atoms with E-state index in [1.807, 2.05) is 12.1 Å². The highest BCUT2D eigenvalue weighted by atomic mass is 19.1. The second-order valence-corrected chi connectivity index (χ2v) is 8.01. The first-order valence-electron chi connectivity index (χ1n) is 10.3. The third-order valence-corrected chi connectivity index (χ3v) is 5.85. The highest BCUT2D eigenvalue weighted by Crippen LogP contribution is 2.23. The molecule has 150 valence electrons. The molecule has 1 amide bonds. The van der Waals surface area contributed by atoms with Gasteiger partial charge in [-0.2, -0.15) is 0 Å². The zero-order valence-corrected chi connectivity index (χ0v) is 17.2. The first-order valence-corrected chi connectivity index (χ1v) is 10.3. The number of likely N-dealkylation sites (tertiary alicyclic amines) is 1. The number of hydrogen-bond acceptors (Lipinski definition) is 2. The number of halogens is 1. The molecule has 2 aromatic carbocycles. The Morgan fingerprint density at radius 1 is 1.18 bits per heavy atom. The van der Waals surface area contributed by atoms with Crippen LogP contribution in [0, 0.1) is 25.6 Å². The van der Waals surface area contributed by atoms with Gasteiger partial charge in [0.1, 0.15) is 5.82 Å². The molecular formula is C24H31FN2O. The maximum Gasteiger partial charge on any atom is 0.224 e. The number of carbonyl (C=O) groups is 1. The van der Waals surface area contributed by atoms with E-state index in [1.165, 1.54) is 28.8 Å². The standard InChI is InChI=1S/C24H31FN2O/c1-4-23(20-10-7-17(2)18(3)14-20)26-24(28)21-6-5-13-27(16-21)15-19-8-11-22(25)12-9-19/h7-12,14,21,23H,4-6,13,15-16H2,1-3H3,(H,26,28)/t21-,23+/m1/s1. The van der Waals surface area contributed by atoms with Crippen LogP contribution in [0.3, 0.4) is 0 Å². The number of aryl methyl sites for hydroxylation is 2. The molecule has 0 unspecified atom stereocenters. The summed E-state index contributed by atoms with van der Waals surface area (Å²) in [6, 6.07) is 13.1. The number of nitrogens with zero attached hydrogens (tertiary/aromatic N) is 1. The fourth-order valence-corrected chi connectivity index (χ4v) is 3.95. The minimum atomic E-state index is -0.211. The second kappa shape index (κ2) is 9.33. The molecule has 1 aliphatic heterocycles. The molecule has 2 atom stereocenters. The fourth-order valence-electron chi connectivity index (χ4n) is 3.95. The third-order valence-electron chi connectivity index (χ3n) is 5.85. The van der Waals surface area contributed by atoms with Crippen molar-refractivity contribution in [2.75, 3.05) is 13.1 Å². The molecule has 4 heteroatoms. The quantitative estimate of drug-likeness (QED) is 0.769. The van der Waals surface area contributed by atoms with E-state index in [2.05, 4.69) is 49.2 Å². The van der Waals surface area contributed by atoms with E-state index in [1.54, 1.807) is 0 Å². The highest BCUT2D eigenvalue weighted by molar-refractivity contribution is 5.79. The molecule has 0 aromatic heterocycles. The smallest absolute Gasteiger partial charge is 0.224 e. The van der Waals surface area contributed by atoms with Crippen molar-refractivity contribution >= 4 is 5.91 Å². The molecule has 1 heterocycles. The maximum atomic E-state index is 13.1. The van der Waals surface area contributed by atoms with Gasteiger partial charge in [-0.1, -0.05) is 37.3 Å². The van der Waals surface area contributed by atoms with Crippen LogP contribution in [0.5, 0.6) is 0 Å². The van der Waals surface area contributed by atoms with Gasteiger partial charge in [0.25, 0.3) is 0 Å². The molecule has 0 bridgehead atoms. The summed E-state index contributed by atoms with van der Waals surface area (Å²) < 4.78 is 13.1. The van der Waals surface area contributed by atoms with E-state index in [-0.39, 0.29) is 23.7 Å². The molecular weight excluding hydrogens is 351 g/mol. The van der Waals surface area contributed by atoms with E-state index in [4.69, 9.17) is 0 Å². The zero-order valence-electron chi connectivity index (χ0n) is 17.2. The fraction of sp³-hybridized carbons (Fsp3) is 0.458. The van der Waals surface area contributed by atoms with Crippen molar-refractivity contribution < 1.29 is 9.18 Å². The zero-order chi connectivity index (χ0) is 20.1. The molecule has 3 rings (SSSR count). The van der Waals surface area contributed by atoms with Crippen LogP contribution >= 0.6 is 0 Å². The van der Waals surface area contributed by atoms with Crippen LogP contribution in [0.25, 0.3) is 0 Å². The van der Waals surface area contributed by atoms with Crippen LogP contribution < -0.4 is 5.32 Å². The van der Waals surface area contributed by atoms with E-state index < -0.39 is 0 Å². The van der Waals surface area contributed by atoms with Gasteiger partial charge in [0.05, 0.1) is 12.0 Å². The number of amides is 1. The summed E-state index contributed by atoms with van der Waals surface area (Å²) in [5, 5.41) is 3.28. The van der Waals surface area contributed by atoms with Crippen molar-refractivity contribution in [2.24, 2.45) is 5.92 Å². The Morgan fingerprint density at radius 2 is 1.93 bits per heavy atom. The summed E-state index contributed by atoms with van der Waals surface area (Å²) in [7, 11) is 0. The van der Waals surface area contributed by atoms with Crippen molar-refractivity contribution in [3.05, 3.63) is 70.5 Å². The van der Waals surface area contributed by atoms with Crippen molar-refractivity contribution in [2.45, 2.75) is 52.6 Å². The van der Waals surface area contributed by atoms with Crippen molar-refractivity contribution in [3.8, 4) is 0 Å². The van der Waals surface area contributed by atoms with Crippen molar-refractivity contribution in [3.63, 3.8) is 0 Å². The number of piperidine rings is 1. The van der Waals surface area contributed by atoms with Gasteiger partial charge < -0.3 is 5.32 Å². The Balaban J connectivity index is 1.60. The van der Waals surface area contributed by atoms with Crippen LogP contribution in [0.2, 0.25) is 0 Å². The minimum absolute atomic E-state index is 0.00907. The second-order valence-electron chi connectivity index (χ2n) is 8.01.